The van der Waals surface area contributed by atoms with Crippen LogP contribution in [-0.4, -0.2) is 68.5 Å². The molecule has 238 valence electrons. The fraction of sp³-hybridized carbons (Fsp3) is 0.286. The first-order chi connectivity index (χ1) is 21.8. The van der Waals surface area contributed by atoms with Gasteiger partial charge in [0, 0.05) is 24.6 Å². The number of nitrogens with two attached hydrogens (primary N) is 1. The van der Waals surface area contributed by atoms with E-state index in [2.05, 4.69) is 5.32 Å². The summed E-state index contributed by atoms with van der Waals surface area (Å²) in [5.74, 6) is -7.16. The van der Waals surface area contributed by atoms with E-state index in [4.69, 9.17) is 5.73 Å². The lowest BCUT2D eigenvalue weighted by molar-refractivity contribution is -0.153. The van der Waals surface area contributed by atoms with Crippen molar-refractivity contribution in [3.8, 4) is 16.9 Å². The second-order valence-corrected chi connectivity index (χ2v) is 12.4. The van der Waals surface area contributed by atoms with Crippen LogP contribution in [0.1, 0.15) is 28.7 Å². The molecule has 0 heterocycles. The number of phenolic OH excluding ortho intramolecular Hbond substituents is 1. The first-order valence-electron chi connectivity index (χ1n) is 14.9. The monoisotopic (exact) mass is 627 g/mol. The van der Waals surface area contributed by atoms with Crippen LogP contribution in [0.5, 0.6) is 5.75 Å². The average Bonchev–Trinajstić information content (AvgIpc) is 2.99. The SMILES string of the molecule is CN(C)C1C(=O)C(C(N)=O)=C(O)[C@]2(O)C(=O)C3=C(O)c4c(O)ccc(-c5ccc(CNCc6cccc(F)c6)cc5)c4C[C@@H]3C[C@H]12. The Bertz CT molecular complexity index is 1850. The average molecular weight is 628 g/mol. The number of likely N-dealkylation sites (N-methyl/N-ethyl adjacent to an activating group) is 1. The number of primary amides is 1. The predicted molar refractivity (Wildman–Crippen MR) is 167 cm³/mol. The fourth-order valence-corrected chi connectivity index (χ4v) is 7.31. The number of amides is 1. The Morgan fingerprint density at radius 3 is 2.37 bits per heavy atom. The molecule has 4 atom stereocenters. The number of aliphatic hydroxyl groups is 3. The van der Waals surface area contributed by atoms with Crippen LogP contribution in [-0.2, 0) is 33.9 Å². The van der Waals surface area contributed by atoms with Gasteiger partial charge in [0.1, 0.15) is 28.7 Å². The minimum atomic E-state index is -2.68. The molecule has 0 aromatic heterocycles. The summed E-state index contributed by atoms with van der Waals surface area (Å²) in [5, 5.41) is 48.4. The van der Waals surface area contributed by atoms with E-state index in [0.717, 1.165) is 16.7 Å². The van der Waals surface area contributed by atoms with Gasteiger partial charge < -0.3 is 31.5 Å². The molecule has 0 spiro atoms. The maximum atomic E-state index is 14.0. The van der Waals surface area contributed by atoms with Crippen molar-refractivity contribution < 1.29 is 39.2 Å². The van der Waals surface area contributed by atoms with E-state index in [0.29, 0.717) is 24.2 Å². The highest BCUT2D eigenvalue weighted by Crippen LogP contribution is 2.53. The van der Waals surface area contributed by atoms with Crippen molar-refractivity contribution in [1.29, 1.82) is 0 Å². The summed E-state index contributed by atoms with van der Waals surface area (Å²) in [5.41, 5.74) is 5.60. The Labute approximate surface area is 264 Å². The van der Waals surface area contributed by atoms with Crippen LogP contribution >= 0.6 is 0 Å². The number of rotatable bonds is 7. The molecule has 0 saturated heterocycles. The number of aliphatic hydroxyl groups excluding tert-OH is 2. The Morgan fingerprint density at radius 2 is 1.72 bits per heavy atom. The normalized spacial score (nSPS) is 24.2. The van der Waals surface area contributed by atoms with Crippen LogP contribution in [0.15, 0.2) is 77.6 Å². The molecular weight excluding hydrogens is 593 g/mol. The number of benzene rings is 3. The molecule has 0 aliphatic heterocycles. The molecule has 1 saturated carbocycles. The summed E-state index contributed by atoms with van der Waals surface area (Å²) in [6.45, 7) is 1.03. The van der Waals surface area contributed by atoms with Gasteiger partial charge in [-0.3, -0.25) is 19.3 Å². The molecule has 10 nitrogen and oxygen atoms in total. The van der Waals surface area contributed by atoms with E-state index in [9.17, 15) is 39.2 Å². The Kier molecular flexibility index (Phi) is 7.79. The van der Waals surface area contributed by atoms with E-state index >= 15 is 0 Å². The molecule has 6 rings (SSSR count). The first kappa shape index (κ1) is 31.2. The number of phenols is 1. The van der Waals surface area contributed by atoms with Gasteiger partial charge in [0.2, 0.25) is 5.78 Å². The van der Waals surface area contributed by atoms with E-state index in [1.54, 1.807) is 26.2 Å². The largest absolute Gasteiger partial charge is 0.508 e. The topological polar surface area (TPSA) is 173 Å². The number of ketones is 2. The number of Topliss-reactive ketones (excluding diaryl/α,β-unsaturated/α-hetero) is 2. The summed E-state index contributed by atoms with van der Waals surface area (Å²) >= 11 is 0. The summed E-state index contributed by atoms with van der Waals surface area (Å²) in [4.78, 5) is 41.0. The highest BCUT2D eigenvalue weighted by Gasteiger charge is 2.64. The van der Waals surface area contributed by atoms with Crippen molar-refractivity contribution in [3.05, 3.63) is 106 Å². The molecule has 46 heavy (non-hydrogen) atoms. The second-order valence-electron chi connectivity index (χ2n) is 12.4. The number of carbonyl (C=O) groups excluding carboxylic acids is 3. The molecular formula is C35H34FN3O7. The maximum Gasteiger partial charge on any atom is 0.255 e. The van der Waals surface area contributed by atoms with Gasteiger partial charge in [-0.1, -0.05) is 42.5 Å². The van der Waals surface area contributed by atoms with Gasteiger partial charge >= 0.3 is 0 Å². The lowest BCUT2D eigenvalue weighted by Crippen LogP contribution is -2.65. The van der Waals surface area contributed by atoms with Gasteiger partial charge in [0.25, 0.3) is 5.91 Å². The third kappa shape index (κ3) is 4.87. The van der Waals surface area contributed by atoms with Crippen LogP contribution in [0.4, 0.5) is 4.39 Å². The third-order valence-electron chi connectivity index (χ3n) is 9.42. The molecule has 1 amide bonds. The van der Waals surface area contributed by atoms with Gasteiger partial charge in [-0.15, -0.1) is 0 Å². The number of nitrogens with zero attached hydrogens (tertiary/aromatic N) is 1. The number of halogens is 1. The zero-order valence-electron chi connectivity index (χ0n) is 25.3. The van der Waals surface area contributed by atoms with E-state index in [1.165, 1.54) is 23.1 Å². The molecule has 1 fully saturated rings. The molecule has 3 aromatic rings. The minimum absolute atomic E-state index is 0.0107. The molecule has 3 aliphatic rings. The molecule has 1 unspecified atom stereocenters. The molecule has 0 bridgehead atoms. The highest BCUT2D eigenvalue weighted by atomic mass is 19.1. The van der Waals surface area contributed by atoms with Gasteiger partial charge in [0.15, 0.2) is 11.4 Å². The van der Waals surface area contributed by atoms with E-state index < -0.39 is 58.0 Å². The molecule has 0 radical (unpaired) electrons. The second kappa shape index (κ2) is 11.5. The number of fused-ring (bicyclic) bond motifs is 3. The lowest BCUT2D eigenvalue weighted by Gasteiger charge is -2.50. The zero-order valence-corrected chi connectivity index (χ0v) is 25.3. The molecule has 11 heteroatoms. The Hall–Kier alpha value is -4.84. The van der Waals surface area contributed by atoms with Gasteiger partial charge in [-0.05, 0) is 78.9 Å². The smallest absolute Gasteiger partial charge is 0.255 e. The first-order valence-corrected chi connectivity index (χ1v) is 14.9. The minimum Gasteiger partial charge on any atom is -0.508 e. The molecule has 3 aliphatic carbocycles. The van der Waals surface area contributed by atoms with Crippen molar-refractivity contribution >= 4 is 23.2 Å². The van der Waals surface area contributed by atoms with E-state index in [1.807, 2.05) is 30.3 Å². The van der Waals surface area contributed by atoms with Crippen molar-refractivity contribution in [2.45, 2.75) is 37.6 Å². The summed E-state index contributed by atoms with van der Waals surface area (Å²) in [6, 6.07) is 16.0. The van der Waals surface area contributed by atoms with Crippen LogP contribution in [0.2, 0.25) is 0 Å². The fourth-order valence-electron chi connectivity index (χ4n) is 7.31. The van der Waals surface area contributed by atoms with E-state index in [-0.39, 0.29) is 35.5 Å². The van der Waals surface area contributed by atoms with Crippen LogP contribution in [0, 0.1) is 17.7 Å². The van der Waals surface area contributed by atoms with Crippen molar-refractivity contribution in [3.63, 3.8) is 0 Å². The maximum absolute atomic E-state index is 14.0. The van der Waals surface area contributed by atoms with Crippen molar-refractivity contribution in [1.82, 2.24) is 10.2 Å². The summed E-state index contributed by atoms with van der Waals surface area (Å²) in [6.07, 6.45) is 0.200. The predicted octanol–water partition coefficient (Wildman–Crippen LogP) is 3.06. The van der Waals surface area contributed by atoms with Gasteiger partial charge in [-0.2, -0.15) is 0 Å². The standard InChI is InChI=1S/C35H34FN3O7/c1-39(2)29-24-14-20-13-23-22(19-8-6-17(7-9-19)15-38-16-18-4-3-5-21(36)12-18)10-11-25(40)27(23)30(41)26(20)32(43)35(24,46)33(44)28(31(29)42)34(37)45/h3-12,20,24,29,38,40-41,44,46H,13-16H2,1-2H3,(H2,37,45)/t20-,24-,29?,35-/m1/s1. The number of nitrogens with one attached hydrogen (secondary N) is 1. The van der Waals surface area contributed by atoms with Crippen LogP contribution in [0.3, 0.4) is 0 Å². The highest BCUT2D eigenvalue weighted by molar-refractivity contribution is 6.24. The van der Waals surface area contributed by atoms with Crippen LogP contribution in [0.25, 0.3) is 16.9 Å². The Balaban J connectivity index is 1.35. The number of hydrogen-bond donors (Lipinski definition) is 6. The molecule has 3 aromatic carbocycles. The van der Waals surface area contributed by atoms with Crippen LogP contribution < -0.4 is 11.1 Å². The van der Waals surface area contributed by atoms with Gasteiger partial charge in [-0.25, -0.2) is 4.39 Å². The van der Waals surface area contributed by atoms with Crippen molar-refractivity contribution in [2.75, 3.05) is 14.1 Å². The quantitative estimate of drug-likeness (QED) is 0.215. The number of hydrogen-bond acceptors (Lipinski definition) is 9. The van der Waals surface area contributed by atoms with Crippen molar-refractivity contribution in [2.24, 2.45) is 17.6 Å². The molecule has 7 N–H and O–H groups in total. The Morgan fingerprint density at radius 1 is 1.02 bits per heavy atom. The number of carbonyl (C=O) groups is 3. The third-order valence-corrected chi connectivity index (χ3v) is 9.42. The number of aromatic hydroxyl groups is 1. The summed E-state index contributed by atoms with van der Waals surface area (Å²) in [7, 11) is 3.12. The van der Waals surface area contributed by atoms with Gasteiger partial charge in [0.05, 0.1) is 11.6 Å². The summed E-state index contributed by atoms with van der Waals surface area (Å²) < 4.78 is 13.5. The zero-order chi connectivity index (χ0) is 33.1. The lowest BCUT2D eigenvalue weighted by atomic mass is 9.57.